The number of rotatable bonds is 34. The van der Waals surface area contributed by atoms with Crippen LogP contribution in [0.5, 0.6) is 0 Å². The lowest BCUT2D eigenvalue weighted by molar-refractivity contribution is -0.0713. The van der Waals surface area contributed by atoms with Crippen LogP contribution in [-0.2, 0) is 18.9 Å². The van der Waals surface area contributed by atoms with Crippen LogP contribution in [0.4, 0.5) is 9.59 Å². The number of hydrogen-bond donors (Lipinski definition) is 0. The molecule has 1 rings (SSSR count). The van der Waals surface area contributed by atoms with Gasteiger partial charge in [0.2, 0.25) is 0 Å². The zero-order valence-corrected chi connectivity index (χ0v) is 33.8. The van der Waals surface area contributed by atoms with E-state index >= 15 is 0 Å². The van der Waals surface area contributed by atoms with Gasteiger partial charge < -0.3 is 18.9 Å². The van der Waals surface area contributed by atoms with Crippen molar-refractivity contribution in [3.8, 4) is 0 Å². The van der Waals surface area contributed by atoms with Gasteiger partial charge in [0, 0.05) is 0 Å². The largest absolute Gasteiger partial charge is 0.508 e. The zero-order chi connectivity index (χ0) is 36.3. The summed E-state index contributed by atoms with van der Waals surface area (Å²) in [7, 11) is 0. The summed E-state index contributed by atoms with van der Waals surface area (Å²) in [4.78, 5) is 24.7. The minimum atomic E-state index is -0.647. The van der Waals surface area contributed by atoms with Gasteiger partial charge >= 0.3 is 12.3 Å². The van der Waals surface area contributed by atoms with Crippen molar-refractivity contribution in [1.29, 1.82) is 0 Å². The van der Waals surface area contributed by atoms with Crippen molar-refractivity contribution in [3.63, 3.8) is 0 Å². The van der Waals surface area contributed by atoms with Crippen molar-refractivity contribution in [1.82, 2.24) is 0 Å². The maximum absolute atomic E-state index is 12.3. The van der Waals surface area contributed by atoms with Gasteiger partial charge in [0.1, 0.15) is 12.2 Å². The van der Waals surface area contributed by atoms with Gasteiger partial charge in [-0.05, 0) is 50.4 Å². The van der Waals surface area contributed by atoms with Crippen LogP contribution in [0.3, 0.4) is 0 Å². The highest BCUT2D eigenvalue weighted by Gasteiger charge is 2.32. The van der Waals surface area contributed by atoms with Gasteiger partial charge in [0.05, 0.1) is 13.2 Å². The van der Waals surface area contributed by atoms with E-state index < -0.39 is 24.5 Å². The molecular formula is C44H84O6. The standard InChI is InChI=1S/C44H84O6/c1-39(2)33-27-23-19-15-11-7-5-9-13-17-21-25-31-37-47-43(45)49-41-35-29-30-36-42(41)50-44(46)48-38-32-26-22-18-14-10-6-8-12-16-20-24-28-34-40(3)4/h39-42H,5-38H2,1-4H3. The Balaban J connectivity index is 1.93. The normalized spacial score (nSPS) is 16.2. The maximum atomic E-state index is 12.3. The molecule has 0 aromatic rings. The van der Waals surface area contributed by atoms with Gasteiger partial charge in [0.25, 0.3) is 0 Å². The van der Waals surface area contributed by atoms with Gasteiger partial charge in [-0.3, -0.25) is 0 Å². The summed E-state index contributed by atoms with van der Waals surface area (Å²) in [5.41, 5.74) is 0. The Morgan fingerprint density at radius 2 is 0.640 bits per heavy atom. The predicted octanol–water partition coefficient (Wildman–Crippen LogP) is 14.8. The third-order valence-electron chi connectivity index (χ3n) is 10.4. The van der Waals surface area contributed by atoms with Crippen molar-refractivity contribution in [2.75, 3.05) is 13.2 Å². The maximum Gasteiger partial charge on any atom is 0.508 e. The molecule has 50 heavy (non-hydrogen) atoms. The quantitative estimate of drug-likeness (QED) is 0.0489. The molecule has 0 N–H and O–H groups in total. The molecule has 0 saturated heterocycles. The lowest BCUT2D eigenvalue weighted by Gasteiger charge is -2.29. The van der Waals surface area contributed by atoms with Gasteiger partial charge in [-0.2, -0.15) is 0 Å². The summed E-state index contributed by atoms with van der Waals surface area (Å²) < 4.78 is 21.9. The molecule has 1 fully saturated rings. The first-order valence-electron chi connectivity index (χ1n) is 22.0. The first kappa shape index (κ1) is 46.6. The first-order chi connectivity index (χ1) is 24.4. The van der Waals surface area contributed by atoms with Crippen molar-refractivity contribution in [2.45, 2.75) is 245 Å². The van der Waals surface area contributed by atoms with Crippen LogP contribution < -0.4 is 0 Å². The SMILES string of the molecule is CC(C)CCCCCCCCCCCCCCCOC(=O)OC1CCCCC1OC(=O)OCCCCCCCCCCCCCCCC(C)C. The molecule has 2 unspecified atom stereocenters. The van der Waals surface area contributed by atoms with Crippen LogP contribution in [0.2, 0.25) is 0 Å². The number of carbonyl (C=O) groups excluding carboxylic acids is 2. The molecule has 6 nitrogen and oxygen atoms in total. The summed E-state index contributed by atoms with van der Waals surface area (Å²) in [6, 6.07) is 0. The fourth-order valence-corrected chi connectivity index (χ4v) is 7.16. The van der Waals surface area contributed by atoms with Crippen molar-refractivity contribution in [3.05, 3.63) is 0 Å². The second kappa shape index (κ2) is 34.6. The molecule has 1 aliphatic carbocycles. The molecule has 0 radical (unpaired) electrons. The average molecular weight is 709 g/mol. The van der Waals surface area contributed by atoms with E-state index in [9.17, 15) is 9.59 Å². The highest BCUT2D eigenvalue weighted by molar-refractivity contribution is 5.61. The number of carbonyl (C=O) groups is 2. The fraction of sp³-hybridized carbons (Fsp3) is 0.955. The van der Waals surface area contributed by atoms with E-state index in [0.717, 1.165) is 50.4 Å². The van der Waals surface area contributed by atoms with Crippen molar-refractivity contribution < 1.29 is 28.5 Å². The first-order valence-corrected chi connectivity index (χ1v) is 22.0. The van der Waals surface area contributed by atoms with E-state index in [1.54, 1.807) is 0 Å². The van der Waals surface area contributed by atoms with E-state index in [1.165, 1.54) is 154 Å². The van der Waals surface area contributed by atoms with Crippen LogP contribution in [0.25, 0.3) is 0 Å². The molecule has 0 aromatic heterocycles. The number of hydrogen-bond acceptors (Lipinski definition) is 6. The molecular weight excluding hydrogens is 624 g/mol. The van der Waals surface area contributed by atoms with Crippen molar-refractivity contribution in [2.24, 2.45) is 11.8 Å². The molecule has 2 atom stereocenters. The molecule has 0 aromatic carbocycles. The Bertz CT molecular complexity index is 691. The zero-order valence-electron chi connectivity index (χ0n) is 33.8. The molecule has 0 heterocycles. The Morgan fingerprint density at radius 3 is 0.900 bits per heavy atom. The Kier molecular flexibility index (Phi) is 32.2. The highest BCUT2D eigenvalue weighted by atomic mass is 16.8. The molecule has 0 aliphatic heterocycles. The van der Waals surface area contributed by atoms with Gasteiger partial charge in [0.15, 0.2) is 0 Å². The highest BCUT2D eigenvalue weighted by Crippen LogP contribution is 2.25. The van der Waals surface area contributed by atoms with E-state index in [4.69, 9.17) is 18.9 Å². The number of ether oxygens (including phenoxy) is 4. The second-order valence-electron chi connectivity index (χ2n) is 16.4. The molecule has 1 aliphatic rings. The Labute approximate surface area is 310 Å². The molecule has 296 valence electrons. The topological polar surface area (TPSA) is 71.1 Å². The smallest absolute Gasteiger partial charge is 0.434 e. The van der Waals surface area contributed by atoms with E-state index in [2.05, 4.69) is 27.7 Å². The molecule has 0 bridgehead atoms. The van der Waals surface area contributed by atoms with Crippen molar-refractivity contribution >= 4 is 12.3 Å². The lowest BCUT2D eigenvalue weighted by atomic mass is 9.95. The molecule has 0 amide bonds. The number of unbranched alkanes of at least 4 members (excludes halogenated alkanes) is 24. The minimum absolute atomic E-state index is 0.384. The Morgan fingerprint density at radius 1 is 0.400 bits per heavy atom. The summed E-state index contributed by atoms with van der Waals surface area (Å²) in [5, 5.41) is 0. The average Bonchev–Trinajstić information content (AvgIpc) is 3.08. The molecule has 1 saturated carbocycles. The van der Waals surface area contributed by atoms with Gasteiger partial charge in [-0.15, -0.1) is 0 Å². The second-order valence-corrected chi connectivity index (χ2v) is 16.4. The van der Waals surface area contributed by atoms with Crippen LogP contribution in [0.15, 0.2) is 0 Å². The van der Waals surface area contributed by atoms with Crippen LogP contribution in [-0.4, -0.2) is 37.7 Å². The minimum Gasteiger partial charge on any atom is -0.434 e. The van der Waals surface area contributed by atoms with Crippen LogP contribution in [0.1, 0.15) is 233 Å². The summed E-state index contributed by atoms with van der Waals surface area (Å²) in [6.45, 7) is 10.0. The molecule has 6 heteroatoms. The van der Waals surface area contributed by atoms with E-state index in [-0.39, 0.29) is 0 Å². The van der Waals surface area contributed by atoms with E-state index in [0.29, 0.717) is 26.1 Å². The summed E-state index contributed by atoms with van der Waals surface area (Å²) in [5.74, 6) is 1.70. The van der Waals surface area contributed by atoms with Gasteiger partial charge in [-0.1, -0.05) is 195 Å². The summed E-state index contributed by atoms with van der Waals surface area (Å²) >= 11 is 0. The molecule has 0 spiro atoms. The Hall–Kier alpha value is -1.46. The van der Waals surface area contributed by atoms with Crippen LogP contribution in [0, 0.1) is 11.8 Å². The third-order valence-corrected chi connectivity index (χ3v) is 10.4. The van der Waals surface area contributed by atoms with Crippen LogP contribution >= 0.6 is 0 Å². The third kappa shape index (κ3) is 31.3. The fourth-order valence-electron chi connectivity index (χ4n) is 7.16. The predicted molar refractivity (Wildman–Crippen MR) is 210 cm³/mol. The van der Waals surface area contributed by atoms with E-state index in [1.807, 2.05) is 0 Å². The monoisotopic (exact) mass is 709 g/mol. The van der Waals surface area contributed by atoms with Gasteiger partial charge in [-0.25, -0.2) is 9.59 Å². The summed E-state index contributed by atoms with van der Waals surface area (Å²) in [6.07, 6.45) is 37.4. The lowest BCUT2D eigenvalue weighted by Crippen LogP contribution is -2.38.